The predicted octanol–water partition coefficient (Wildman–Crippen LogP) is 4.73. The lowest BCUT2D eigenvalue weighted by molar-refractivity contribution is -0.132. The smallest absolute Gasteiger partial charge is 0.224 e. The molecule has 2 fully saturated rings. The molecule has 4 heteroatoms. The van der Waals surface area contributed by atoms with Gasteiger partial charge in [0, 0.05) is 32.0 Å². The summed E-state index contributed by atoms with van der Waals surface area (Å²) in [6, 6.07) is 8.40. The maximum absolute atomic E-state index is 12.7. The Balaban J connectivity index is 1.52. The summed E-state index contributed by atoms with van der Waals surface area (Å²) < 4.78 is 2.34. The lowest BCUT2D eigenvalue weighted by atomic mass is 9.88. The third kappa shape index (κ3) is 3.65. The third-order valence-electron chi connectivity index (χ3n) is 6.34. The van der Waals surface area contributed by atoms with Crippen LogP contribution in [-0.2, 0) is 11.3 Å². The maximum atomic E-state index is 12.7. The first-order valence-corrected chi connectivity index (χ1v) is 10.5. The number of benzene rings is 1. The standard InChI is InChI=1S/C22H31N3O/c1-17-11-14-24(15-12-17)21(26)13-16-25-20-10-6-5-9-19(20)23-22(25)18-7-3-2-4-8-18/h5-6,9-10,17-18H,2-4,7-8,11-16H2,1H3. The van der Waals surface area contributed by atoms with Gasteiger partial charge in [-0.15, -0.1) is 0 Å². The van der Waals surface area contributed by atoms with Gasteiger partial charge in [-0.2, -0.15) is 0 Å². The van der Waals surface area contributed by atoms with Crippen molar-refractivity contribution in [2.75, 3.05) is 13.1 Å². The monoisotopic (exact) mass is 353 g/mol. The highest BCUT2D eigenvalue weighted by Crippen LogP contribution is 2.34. The second-order valence-corrected chi connectivity index (χ2v) is 8.26. The van der Waals surface area contributed by atoms with Crippen LogP contribution in [0.3, 0.4) is 0 Å². The maximum Gasteiger partial charge on any atom is 0.224 e. The van der Waals surface area contributed by atoms with Crippen molar-refractivity contribution < 1.29 is 4.79 Å². The Morgan fingerprint density at radius 1 is 1.08 bits per heavy atom. The number of rotatable bonds is 4. The summed E-state index contributed by atoms with van der Waals surface area (Å²) in [7, 11) is 0. The second-order valence-electron chi connectivity index (χ2n) is 8.26. The van der Waals surface area contributed by atoms with Gasteiger partial charge in [-0.25, -0.2) is 4.98 Å². The molecular weight excluding hydrogens is 322 g/mol. The van der Waals surface area contributed by atoms with Gasteiger partial charge < -0.3 is 9.47 Å². The van der Waals surface area contributed by atoms with E-state index >= 15 is 0 Å². The molecule has 1 aromatic heterocycles. The molecule has 1 aromatic carbocycles. The number of amides is 1. The number of imidazole rings is 1. The predicted molar refractivity (Wildman–Crippen MR) is 105 cm³/mol. The van der Waals surface area contributed by atoms with Gasteiger partial charge >= 0.3 is 0 Å². The summed E-state index contributed by atoms with van der Waals surface area (Å²) >= 11 is 0. The van der Waals surface area contributed by atoms with Crippen LogP contribution in [0.4, 0.5) is 0 Å². The molecule has 140 valence electrons. The Morgan fingerprint density at radius 3 is 2.58 bits per heavy atom. The van der Waals surface area contributed by atoms with E-state index in [9.17, 15) is 4.79 Å². The average Bonchev–Trinajstić information content (AvgIpc) is 3.06. The zero-order valence-electron chi connectivity index (χ0n) is 16.0. The Bertz CT molecular complexity index is 752. The minimum Gasteiger partial charge on any atom is -0.343 e. The molecule has 0 spiro atoms. The van der Waals surface area contributed by atoms with Crippen LogP contribution in [0.1, 0.15) is 70.0 Å². The molecule has 26 heavy (non-hydrogen) atoms. The number of hydrogen-bond donors (Lipinski definition) is 0. The van der Waals surface area contributed by atoms with E-state index in [1.165, 1.54) is 43.4 Å². The molecule has 1 aliphatic carbocycles. The molecule has 1 aliphatic heterocycles. The highest BCUT2D eigenvalue weighted by molar-refractivity contribution is 5.78. The van der Waals surface area contributed by atoms with Crippen LogP contribution < -0.4 is 0 Å². The van der Waals surface area contributed by atoms with Crippen LogP contribution in [0.2, 0.25) is 0 Å². The van der Waals surface area contributed by atoms with Crippen molar-refractivity contribution in [2.45, 2.75) is 70.8 Å². The van der Waals surface area contributed by atoms with Crippen molar-refractivity contribution >= 4 is 16.9 Å². The SMILES string of the molecule is CC1CCN(C(=O)CCn2c(C3CCCCC3)nc3ccccc32)CC1. The highest BCUT2D eigenvalue weighted by Gasteiger charge is 2.24. The van der Waals surface area contributed by atoms with E-state index in [2.05, 4.69) is 40.7 Å². The molecular formula is C22H31N3O. The number of carbonyl (C=O) groups is 1. The normalized spacial score (nSPS) is 20.0. The van der Waals surface area contributed by atoms with Crippen molar-refractivity contribution in [1.29, 1.82) is 0 Å². The number of likely N-dealkylation sites (tertiary alicyclic amines) is 1. The fourth-order valence-electron chi connectivity index (χ4n) is 4.63. The fraction of sp³-hybridized carbons (Fsp3) is 0.636. The van der Waals surface area contributed by atoms with Gasteiger partial charge in [0.25, 0.3) is 0 Å². The van der Waals surface area contributed by atoms with Crippen molar-refractivity contribution in [3.8, 4) is 0 Å². The minimum atomic E-state index is 0.310. The van der Waals surface area contributed by atoms with Crippen molar-refractivity contribution in [3.63, 3.8) is 0 Å². The first-order valence-electron chi connectivity index (χ1n) is 10.5. The number of aromatic nitrogens is 2. The zero-order chi connectivity index (χ0) is 17.9. The number of piperidine rings is 1. The molecule has 1 amide bonds. The van der Waals surface area contributed by atoms with Gasteiger partial charge in [0.05, 0.1) is 11.0 Å². The quantitative estimate of drug-likeness (QED) is 0.797. The first kappa shape index (κ1) is 17.6. The van der Waals surface area contributed by atoms with Crippen LogP contribution in [0.5, 0.6) is 0 Å². The summed E-state index contributed by atoms with van der Waals surface area (Å²) in [6.45, 7) is 4.91. The largest absolute Gasteiger partial charge is 0.343 e. The summed E-state index contributed by atoms with van der Waals surface area (Å²) in [6.07, 6.45) is 9.32. The number of fused-ring (bicyclic) bond motifs is 1. The van der Waals surface area contributed by atoms with E-state index in [4.69, 9.17) is 4.98 Å². The number of aryl methyl sites for hydroxylation is 1. The van der Waals surface area contributed by atoms with Crippen LogP contribution in [0.25, 0.3) is 11.0 Å². The van der Waals surface area contributed by atoms with Gasteiger partial charge in [0.1, 0.15) is 5.82 Å². The lowest BCUT2D eigenvalue weighted by Crippen LogP contribution is -2.38. The van der Waals surface area contributed by atoms with Gasteiger partial charge in [0.2, 0.25) is 5.91 Å². The summed E-state index contributed by atoms with van der Waals surface area (Å²) in [5, 5.41) is 0. The van der Waals surface area contributed by atoms with Crippen LogP contribution in [0.15, 0.2) is 24.3 Å². The molecule has 2 heterocycles. The number of para-hydroxylation sites is 2. The Labute approximate surface area is 156 Å². The van der Waals surface area contributed by atoms with Crippen LogP contribution in [0, 0.1) is 5.92 Å². The summed E-state index contributed by atoms with van der Waals surface area (Å²) in [5.74, 6) is 2.84. The third-order valence-corrected chi connectivity index (χ3v) is 6.34. The molecule has 0 radical (unpaired) electrons. The molecule has 2 aromatic rings. The van der Waals surface area contributed by atoms with E-state index in [0.29, 0.717) is 18.2 Å². The van der Waals surface area contributed by atoms with Crippen LogP contribution >= 0.6 is 0 Å². The molecule has 0 unspecified atom stereocenters. The zero-order valence-corrected chi connectivity index (χ0v) is 16.0. The lowest BCUT2D eigenvalue weighted by Gasteiger charge is -2.30. The topological polar surface area (TPSA) is 38.1 Å². The average molecular weight is 354 g/mol. The van der Waals surface area contributed by atoms with Gasteiger partial charge in [-0.1, -0.05) is 38.3 Å². The van der Waals surface area contributed by atoms with Gasteiger partial charge in [-0.3, -0.25) is 4.79 Å². The number of hydrogen-bond acceptors (Lipinski definition) is 2. The first-order chi connectivity index (χ1) is 12.7. The second kappa shape index (κ2) is 7.81. The van der Waals surface area contributed by atoms with Crippen molar-refractivity contribution in [2.24, 2.45) is 5.92 Å². The molecule has 0 atom stereocenters. The van der Waals surface area contributed by atoms with E-state index in [1.807, 2.05) is 0 Å². The van der Waals surface area contributed by atoms with Gasteiger partial charge in [0.15, 0.2) is 0 Å². The highest BCUT2D eigenvalue weighted by atomic mass is 16.2. The van der Waals surface area contributed by atoms with E-state index in [0.717, 1.165) is 43.9 Å². The van der Waals surface area contributed by atoms with Crippen molar-refractivity contribution in [1.82, 2.24) is 14.5 Å². The Kier molecular flexibility index (Phi) is 5.28. The van der Waals surface area contributed by atoms with Crippen LogP contribution in [-0.4, -0.2) is 33.4 Å². The van der Waals surface area contributed by atoms with E-state index < -0.39 is 0 Å². The fourth-order valence-corrected chi connectivity index (χ4v) is 4.63. The van der Waals surface area contributed by atoms with Gasteiger partial charge in [-0.05, 0) is 43.7 Å². The number of carbonyl (C=O) groups excluding carboxylic acids is 1. The summed E-state index contributed by atoms with van der Waals surface area (Å²) in [4.78, 5) is 19.8. The Hall–Kier alpha value is -1.84. The number of nitrogens with zero attached hydrogens (tertiary/aromatic N) is 3. The molecule has 1 saturated carbocycles. The molecule has 4 nitrogen and oxygen atoms in total. The van der Waals surface area contributed by atoms with E-state index in [1.54, 1.807) is 0 Å². The van der Waals surface area contributed by atoms with Crippen molar-refractivity contribution in [3.05, 3.63) is 30.1 Å². The molecule has 0 bridgehead atoms. The van der Waals surface area contributed by atoms with E-state index in [-0.39, 0.29) is 0 Å². The molecule has 2 aliphatic rings. The summed E-state index contributed by atoms with van der Waals surface area (Å²) in [5.41, 5.74) is 2.26. The molecule has 4 rings (SSSR count). The molecule has 0 N–H and O–H groups in total. The molecule has 1 saturated heterocycles. The Morgan fingerprint density at radius 2 is 1.81 bits per heavy atom. The minimum absolute atomic E-state index is 0.310.